The Labute approximate surface area is 150 Å². The molecule has 0 atom stereocenters. The second-order valence-electron chi connectivity index (χ2n) is 5.46. The molecule has 3 N–H and O–H groups in total. The van der Waals surface area contributed by atoms with E-state index in [4.69, 9.17) is 10.1 Å². The van der Waals surface area contributed by atoms with E-state index in [0.29, 0.717) is 28.4 Å². The normalized spacial score (nSPS) is 11.4. The molecule has 0 bridgehead atoms. The maximum absolute atomic E-state index is 14.1. The Morgan fingerprint density at radius 2 is 2.19 bits per heavy atom. The maximum Gasteiger partial charge on any atom is 0.170 e. The van der Waals surface area contributed by atoms with Gasteiger partial charge >= 0.3 is 0 Å². The van der Waals surface area contributed by atoms with Crippen LogP contribution in [-0.2, 0) is 6.54 Å². The highest BCUT2D eigenvalue weighted by Crippen LogP contribution is 2.24. The molecule has 0 saturated heterocycles. The summed E-state index contributed by atoms with van der Waals surface area (Å²) in [5.74, 6) is 0.849. The minimum atomic E-state index is -0.337. The summed E-state index contributed by atoms with van der Waals surface area (Å²) >= 11 is 0. The van der Waals surface area contributed by atoms with Gasteiger partial charge in [-0.3, -0.25) is 4.40 Å². The number of hydrogen-bond donors (Lipinski definition) is 3. The molecule has 0 fully saturated rings. The number of halogens is 1. The number of nitrogens with zero attached hydrogens (tertiary/aromatic N) is 3. The van der Waals surface area contributed by atoms with Crippen molar-refractivity contribution in [2.45, 2.75) is 6.54 Å². The van der Waals surface area contributed by atoms with Crippen molar-refractivity contribution in [3.8, 4) is 5.75 Å². The van der Waals surface area contributed by atoms with E-state index in [0.717, 1.165) is 5.56 Å². The van der Waals surface area contributed by atoms with E-state index < -0.39 is 0 Å². The Hall–Kier alpha value is -3.42. The summed E-state index contributed by atoms with van der Waals surface area (Å²) in [5.41, 5.74) is 2.48. The van der Waals surface area contributed by atoms with E-state index in [1.165, 1.54) is 19.4 Å². The average molecular weight is 354 g/mol. The fourth-order valence-corrected chi connectivity index (χ4v) is 2.71. The smallest absolute Gasteiger partial charge is 0.170 e. The van der Waals surface area contributed by atoms with Gasteiger partial charge in [-0.1, -0.05) is 6.07 Å². The van der Waals surface area contributed by atoms with Gasteiger partial charge in [0.15, 0.2) is 5.65 Å². The number of allylic oxidation sites excluding steroid dienone is 1. The van der Waals surface area contributed by atoms with Gasteiger partial charge < -0.3 is 20.8 Å². The van der Waals surface area contributed by atoms with E-state index in [1.807, 2.05) is 12.1 Å². The van der Waals surface area contributed by atoms with Crippen molar-refractivity contribution in [3.05, 3.63) is 59.8 Å². The highest BCUT2D eigenvalue weighted by molar-refractivity contribution is 6.10. The van der Waals surface area contributed by atoms with Crippen LogP contribution >= 0.6 is 0 Å². The van der Waals surface area contributed by atoms with Crippen molar-refractivity contribution in [3.63, 3.8) is 0 Å². The van der Waals surface area contributed by atoms with Gasteiger partial charge in [-0.15, -0.1) is 10.2 Å². The minimum absolute atomic E-state index is 0.242. The van der Waals surface area contributed by atoms with E-state index >= 15 is 0 Å². The number of anilines is 1. The molecule has 0 amide bonds. The molecule has 0 aliphatic rings. The molecule has 26 heavy (non-hydrogen) atoms. The van der Waals surface area contributed by atoms with Gasteiger partial charge in [-0.25, -0.2) is 4.39 Å². The summed E-state index contributed by atoms with van der Waals surface area (Å²) in [4.78, 5) is 0. The molecular weight excluding hydrogens is 335 g/mol. The first-order valence-corrected chi connectivity index (χ1v) is 7.96. The first kappa shape index (κ1) is 17.4. The van der Waals surface area contributed by atoms with Crippen LogP contribution in [0, 0.1) is 11.2 Å². The van der Waals surface area contributed by atoms with Crippen molar-refractivity contribution in [2.75, 3.05) is 19.5 Å². The van der Waals surface area contributed by atoms with Crippen molar-refractivity contribution >= 4 is 23.3 Å². The number of ether oxygens (including phenoxy) is 1. The number of methoxy groups -OCH3 is 1. The Bertz CT molecular complexity index is 965. The molecule has 0 unspecified atom stereocenters. The van der Waals surface area contributed by atoms with Gasteiger partial charge in [-0.2, -0.15) is 0 Å². The number of aromatic nitrogens is 3. The van der Waals surface area contributed by atoms with E-state index in [2.05, 4.69) is 20.8 Å². The van der Waals surface area contributed by atoms with Crippen LogP contribution in [0.2, 0.25) is 0 Å². The molecule has 1 aromatic carbocycles. The number of pyridine rings is 1. The van der Waals surface area contributed by atoms with Crippen LogP contribution in [0.3, 0.4) is 0 Å². The monoisotopic (exact) mass is 354 g/mol. The van der Waals surface area contributed by atoms with Crippen molar-refractivity contribution in [2.24, 2.45) is 0 Å². The van der Waals surface area contributed by atoms with Crippen molar-refractivity contribution < 1.29 is 9.13 Å². The standard InChI is InChI=1S/C18H19FN6O/c1-21-9-12(8-20)13-6-7-17(25-11-23-24-18(13)25)22-10-14-15(19)4-3-5-16(14)26-2/h3-9,11,20-22H,10H2,1-2H3/b12-9+,20-8?. The lowest BCUT2D eigenvalue weighted by molar-refractivity contribution is 0.405. The predicted octanol–water partition coefficient (Wildman–Crippen LogP) is 2.70. The molecule has 0 radical (unpaired) electrons. The molecule has 3 rings (SSSR count). The maximum atomic E-state index is 14.1. The van der Waals surface area contributed by atoms with Gasteiger partial charge in [-0.05, 0) is 24.3 Å². The third kappa shape index (κ3) is 3.21. The number of fused-ring (bicyclic) bond motifs is 1. The fraction of sp³-hybridized carbons (Fsp3) is 0.167. The Kier molecular flexibility index (Phi) is 5.12. The molecule has 3 aromatic rings. The minimum Gasteiger partial charge on any atom is -0.496 e. The summed E-state index contributed by atoms with van der Waals surface area (Å²) in [5, 5.41) is 21.8. The molecule has 8 heteroatoms. The molecule has 0 aliphatic heterocycles. The number of nitrogens with one attached hydrogen (secondary N) is 3. The van der Waals surface area contributed by atoms with Crippen molar-refractivity contribution in [1.29, 1.82) is 5.41 Å². The Balaban J connectivity index is 1.95. The highest BCUT2D eigenvalue weighted by atomic mass is 19.1. The van der Waals surface area contributed by atoms with Gasteiger partial charge in [0.2, 0.25) is 0 Å². The molecular formula is C18H19FN6O. The second-order valence-corrected chi connectivity index (χ2v) is 5.46. The first-order chi connectivity index (χ1) is 12.7. The Morgan fingerprint density at radius 3 is 2.92 bits per heavy atom. The molecule has 0 aliphatic carbocycles. The molecule has 134 valence electrons. The summed E-state index contributed by atoms with van der Waals surface area (Å²) < 4.78 is 21.1. The average Bonchev–Trinajstić information content (AvgIpc) is 3.15. The first-order valence-electron chi connectivity index (χ1n) is 7.96. The summed E-state index contributed by atoms with van der Waals surface area (Å²) in [6.45, 7) is 0.242. The van der Waals surface area contributed by atoms with Crippen LogP contribution in [0.4, 0.5) is 10.2 Å². The lowest BCUT2D eigenvalue weighted by Crippen LogP contribution is -2.08. The Morgan fingerprint density at radius 1 is 1.35 bits per heavy atom. The molecule has 2 aromatic heterocycles. The van der Waals surface area contributed by atoms with Crippen LogP contribution in [-0.4, -0.2) is 35.0 Å². The molecule has 0 saturated carbocycles. The highest BCUT2D eigenvalue weighted by Gasteiger charge is 2.13. The topological polar surface area (TPSA) is 87.3 Å². The zero-order chi connectivity index (χ0) is 18.5. The third-order valence-electron chi connectivity index (χ3n) is 3.96. The lowest BCUT2D eigenvalue weighted by atomic mass is 10.1. The van der Waals surface area contributed by atoms with Crippen LogP contribution < -0.4 is 15.4 Å². The van der Waals surface area contributed by atoms with Gasteiger partial charge in [0.05, 0.1) is 7.11 Å². The van der Waals surface area contributed by atoms with Gasteiger partial charge in [0.25, 0.3) is 0 Å². The second kappa shape index (κ2) is 7.64. The van der Waals surface area contributed by atoms with Gasteiger partial charge in [0, 0.05) is 42.7 Å². The number of benzene rings is 1. The molecule has 0 spiro atoms. The van der Waals surface area contributed by atoms with Crippen LogP contribution in [0.25, 0.3) is 11.2 Å². The quantitative estimate of drug-likeness (QED) is 0.568. The summed E-state index contributed by atoms with van der Waals surface area (Å²) in [6.07, 6.45) is 4.53. The SMILES string of the molecule is CN/C=C(\C=N)c1ccc(NCc2c(F)cccc2OC)n2cnnc12. The van der Waals surface area contributed by atoms with E-state index in [-0.39, 0.29) is 12.4 Å². The van der Waals surface area contributed by atoms with Crippen LogP contribution in [0.1, 0.15) is 11.1 Å². The third-order valence-corrected chi connectivity index (χ3v) is 3.96. The summed E-state index contributed by atoms with van der Waals surface area (Å²) in [7, 11) is 3.28. The van der Waals surface area contributed by atoms with Gasteiger partial charge in [0.1, 0.15) is 23.7 Å². The van der Waals surface area contributed by atoms with Crippen LogP contribution in [0.15, 0.2) is 42.9 Å². The fourth-order valence-electron chi connectivity index (χ4n) is 2.71. The number of hydrogen-bond acceptors (Lipinski definition) is 6. The van der Waals surface area contributed by atoms with E-state index in [9.17, 15) is 4.39 Å². The zero-order valence-electron chi connectivity index (χ0n) is 14.5. The van der Waals surface area contributed by atoms with Crippen molar-refractivity contribution in [1.82, 2.24) is 19.9 Å². The largest absolute Gasteiger partial charge is 0.496 e. The summed E-state index contributed by atoms with van der Waals surface area (Å²) in [6, 6.07) is 8.41. The predicted molar refractivity (Wildman–Crippen MR) is 99.1 cm³/mol. The lowest BCUT2D eigenvalue weighted by Gasteiger charge is -2.13. The van der Waals surface area contributed by atoms with E-state index in [1.54, 1.807) is 36.1 Å². The zero-order valence-corrected chi connectivity index (χ0v) is 14.5. The molecule has 2 heterocycles. The number of rotatable bonds is 7. The van der Waals surface area contributed by atoms with Crippen LogP contribution in [0.5, 0.6) is 5.75 Å². The molecule has 7 nitrogen and oxygen atoms in total.